The van der Waals surface area contributed by atoms with Crippen molar-refractivity contribution in [3.63, 3.8) is 0 Å². The number of hydrogen-bond donors (Lipinski definition) is 3. The third kappa shape index (κ3) is 6.89. The number of amides is 1. The highest BCUT2D eigenvalue weighted by Crippen LogP contribution is 2.34. The van der Waals surface area contributed by atoms with Crippen molar-refractivity contribution < 1.29 is 13.9 Å². The number of H-pyrrole nitrogens is 2. The SMILES string of the molecule is O=C(CC1CCCCC1)Nc1cncc(-c2ccc3[nH]nc(-c4nc5nccc(-c6cc(F)cc(OCCN7CCCC7)c6)c5[nH]4)c3c2)c1. The number of ether oxygens (including phenoxy) is 1. The zero-order valence-corrected chi connectivity index (χ0v) is 27.3. The molecule has 1 amide bonds. The third-order valence-electron chi connectivity index (χ3n) is 9.79. The average Bonchev–Trinajstić information content (AvgIpc) is 3.88. The molecule has 49 heavy (non-hydrogen) atoms. The number of carbonyl (C=O) groups excluding carboxylic acids is 1. The highest BCUT2D eigenvalue weighted by molar-refractivity contribution is 5.98. The van der Waals surface area contributed by atoms with E-state index >= 15 is 0 Å². The van der Waals surface area contributed by atoms with Gasteiger partial charge in [-0.05, 0) is 92.2 Å². The van der Waals surface area contributed by atoms with Gasteiger partial charge in [-0.25, -0.2) is 14.4 Å². The van der Waals surface area contributed by atoms with Crippen LogP contribution in [-0.2, 0) is 4.79 Å². The molecule has 0 radical (unpaired) electrons. The number of benzene rings is 2. The van der Waals surface area contributed by atoms with Gasteiger partial charge >= 0.3 is 0 Å². The molecule has 1 aliphatic carbocycles. The van der Waals surface area contributed by atoms with Gasteiger partial charge in [-0.15, -0.1) is 0 Å². The van der Waals surface area contributed by atoms with Gasteiger partial charge < -0.3 is 15.0 Å². The summed E-state index contributed by atoms with van der Waals surface area (Å²) in [6.45, 7) is 3.51. The van der Waals surface area contributed by atoms with Crippen molar-refractivity contribution in [3.8, 4) is 39.5 Å². The first-order chi connectivity index (χ1) is 24.1. The Morgan fingerprint density at radius 2 is 1.84 bits per heavy atom. The molecule has 1 aliphatic heterocycles. The second-order valence-electron chi connectivity index (χ2n) is 13.3. The van der Waals surface area contributed by atoms with Crippen LogP contribution in [0.3, 0.4) is 0 Å². The molecule has 0 unspecified atom stereocenters. The molecule has 0 spiro atoms. The van der Waals surface area contributed by atoms with Crippen molar-refractivity contribution in [1.82, 2.24) is 35.0 Å². The van der Waals surface area contributed by atoms with Gasteiger partial charge in [0.15, 0.2) is 11.5 Å². The standard InChI is InChI=1S/C38H39FN8O2/c39-28-17-26(19-30(21-28)49-15-14-47-12-4-5-13-47)31-10-11-41-37-35(31)43-38(44-37)36-32-20-25(8-9-33(32)45-46-36)27-18-29(23-40-22-27)42-34(48)16-24-6-2-1-3-7-24/h8-11,17-24H,1-7,12-16H2,(H,42,48)(H,45,46)(H,41,43,44). The van der Waals surface area contributed by atoms with Crippen LogP contribution in [0.15, 0.2) is 67.1 Å². The molecule has 10 nitrogen and oxygen atoms in total. The number of fused-ring (bicyclic) bond motifs is 2. The molecule has 4 aromatic heterocycles. The zero-order chi connectivity index (χ0) is 33.2. The van der Waals surface area contributed by atoms with Crippen LogP contribution in [0.25, 0.3) is 55.8 Å². The Labute approximate surface area is 283 Å². The summed E-state index contributed by atoms with van der Waals surface area (Å²) < 4.78 is 20.8. The van der Waals surface area contributed by atoms with Crippen molar-refractivity contribution in [2.24, 2.45) is 5.92 Å². The van der Waals surface area contributed by atoms with E-state index in [0.29, 0.717) is 58.6 Å². The van der Waals surface area contributed by atoms with Gasteiger partial charge in [-0.2, -0.15) is 5.10 Å². The molecule has 8 rings (SSSR count). The van der Waals surface area contributed by atoms with Crippen LogP contribution < -0.4 is 10.1 Å². The number of rotatable bonds is 10. The first-order valence-electron chi connectivity index (χ1n) is 17.3. The molecule has 2 aliphatic rings. The van der Waals surface area contributed by atoms with Gasteiger partial charge in [0.2, 0.25) is 5.91 Å². The molecule has 250 valence electrons. The Morgan fingerprint density at radius 1 is 0.959 bits per heavy atom. The molecule has 1 saturated carbocycles. The lowest BCUT2D eigenvalue weighted by Gasteiger charge is -2.20. The normalized spacial score (nSPS) is 15.7. The Balaban J connectivity index is 1.05. The van der Waals surface area contributed by atoms with Crippen molar-refractivity contribution >= 4 is 33.7 Å². The molecule has 2 aromatic carbocycles. The Morgan fingerprint density at radius 3 is 2.71 bits per heavy atom. The topological polar surface area (TPSA) is 125 Å². The molecule has 11 heteroatoms. The first kappa shape index (κ1) is 31.1. The summed E-state index contributed by atoms with van der Waals surface area (Å²) in [5.41, 5.74) is 6.59. The molecular weight excluding hydrogens is 619 g/mol. The van der Waals surface area contributed by atoms with E-state index in [0.717, 1.165) is 60.1 Å². The van der Waals surface area contributed by atoms with E-state index in [2.05, 4.69) is 35.4 Å². The van der Waals surface area contributed by atoms with E-state index in [1.807, 2.05) is 36.4 Å². The van der Waals surface area contributed by atoms with Crippen LogP contribution in [0.5, 0.6) is 5.75 Å². The lowest BCUT2D eigenvalue weighted by atomic mass is 9.87. The fourth-order valence-corrected chi connectivity index (χ4v) is 7.27. The third-order valence-corrected chi connectivity index (χ3v) is 9.79. The molecular formula is C38H39FN8O2. The number of nitrogens with one attached hydrogen (secondary N) is 3. The molecule has 0 bridgehead atoms. The summed E-state index contributed by atoms with van der Waals surface area (Å²) in [7, 11) is 0. The number of likely N-dealkylation sites (tertiary alicyclic amines) is 1. The van der Waals surface area contributed by atoms with Gasteiger partial charge in [-0.3, -0.25) is 19.8 Å². The van der Waals surface area contributed by atoms with E-state index in [1.54, 1.807) is 18.6 Å². The largest absolute Gasteiger partial charge is 0.492 e. The Hall–Kier alpha value is -5.16. The van der Waals surface area contributed by atoms with Crippen molar-refractivity contribution in [2.75, 3.05) is 31.6 Å². The van der Waals surface area contributed by atoms with Crippen LogP contribution in [0.1, 0.15) is 51.4 Å². The molecule has 3 N–H and O–H groups in total. The number of aromatic amines is 2. The second-order valence-corrected chi connectivity index (χ2v) is 13.3. The highest BCUT2D eigenvalue weighted by atomic mass is 19.1. The Kier molecular flexibility index (Phi) is 8.74. The van der Waals surface area contributed by atoms with Crippen LogP contribution in [-0.4, -0.2) is 67.2 Å². The van der Waals surface area contributed by atoms with Gasteiger partial charge in [0, 0.05) is 47.9 Å². The van der Waals surface area contributed by atoms with E-state index in [1.165, 1.54) is 44.2 Å². The van der Waals surface area contributed by atoms with Gasteiger partial charge in [0.25, 0.3) is 0 Å². The van der Waals surface area contributed by atoms with Crippen LogP contribution >= 0.6 is 0 Å². The summed E-state index contributed by atoms with van der Waals surface area (Å²) in [5, 5.41) is 11.6. The van der Waals surface area contributed by atoms with Crippen LogP contribution in [0, 0.1) is 11.7 Å². The molecule has 0 atom stereocenters. The maximum absolute atomic E-state index is 14.8. The fraction of sp³-hybridized carbons (Fsp3) is 0.342. The first-order valence-corrected chi connectivity index (χ1v) is 17.3. The lowest BCUT2D eigenvalue weighted by Crippen LogP contribution is -2.25. The van der Waals surface area contributed by atoms with E-state index in [4.69, 9.17) is 9.72 Å². The highest BCUT2D eigenvalue weighted by Gasteiger charge is 2.19. The number of hydrogen-bond acceptors (Lipinski definition) is 7. The van der Waals surface area contributed by atoms with Crippen molar-refractivity contribution in [3.05, 3.63) is 72.9 Å². The summed E-state index contributed by atoms with van der Waals surface area (Å²) in [6, 6.07) is 14.6. The molecule has 1 saturated heterocycles. The van der Waals surface area contributed by atoms with Crippen molar-refractivity contribution in [1.29, 1.82) is 0 Å². The summed E-state index contributed by atoms with van der Waals surface area (Å²) >= 11 is 0. The monoisotopic (exact) mass is 658 g/mol. The second kappa shape index (κ2) is 13.8. The number of carbonyl (C=O) groups is 1. The maximum Gasteiger partial charge on any atom is 0.224 e. The number of anilines is 1. The quantitative estimate of drug-likeness (QED) is 0.137. The number of nitrogens with zero attached hydrogens (tertiary/aromatic N) is 5. The minimum Gasteiger partial charge on any atom is -0.492 e. The lowest BCUT2D eigenvalue weighted by molar-refractivity contribution is -0.117. The van der Waals surface area contributed by atoms with Crippen LogP contribution in [0.4, 0.5) is 10.1 Å². The van der Waals surface area contributed by atoms with Crippen LogP contribution in [0.2, 0.25) is 0 Å². The molecule has 6 aromatic rings. The predicted octanol–water partition coefficient (Wildman–Crippen LogP) is 7.75. The van der Waals surface area contributed by atoms with Gasteiger partial charge in [0.05, 0.1) is 22.9 Å². The van der Waals surface area contributed by atoms with E-state index in [9.17, 15) is 9.18 Å². The Bertz CT molecular complexity index is 2110. The summed E-state index contributed by atoms with van der Waals surface area (Å²) in [6.07, 6.45) is 14.1. The molecule has 5 heterocycles. The zero-order valence-electron chi connectivity index (χ0n) is 27.3. The van der Waals surface area contributed by atoms with Gasteiger partial charge in [-0.1, -0.05) is 25.3 Å². The average molecular weight is 659 g/mol. The van der Waals surface area contributed by atoms with Gasteiger partial charge in [0.1, 0.15) is 23.9 Å². The smallest absolute Gasteiger partial charge is 0.224 e. The number of imidazole rings is 1. The van der Waals surface area contributed by atoms with Crippen molar-refractivity contribution in [2.45, 2.75) is 51.4 Å². The minimum atomic E-state index is -0.369. The summed E-state index contributed by atoms with van der Waals surface area (Å²) in [5.74, 6) is 1.17. The number of aromatic nitrogens is 6. The minimum absolute atomic E-state index is 0.0378. The number of halogens is 1. The van der Waals surface area contributed by atoms with E-state index in [-0.39, 0.29) is 11.7 Å². The predicted molar refractivity (Wildman–Crippen MR) is 189 cm³/mol. The fourth-order valence-electron chi connectivity index (χ4n) is 7.27. The summed E-state index contributed by atoms with van der Waals surface area (Å²) in [4.78, 5) is 32.3. The maximum atomic E-state index is 14.8. The molecule has 2 fully saturated rings. The number of pyridine rings is 2. The van der Waals surface area contributed by atoms with E-state index < -0.39 is 0 Å².